The number of aromatic nitrogens is 2. The van der Waals surface area contributed by atoms with E-state index in [9.17, 15) is 22.4 Å². The quantitative estimate of drug-likeness (QED) is 0.439. The summed E-state index contributed by atoms with van der Waals surface area (Å²) >= 11 is 1.32. The van der Waals surface area contributed by atoms with Crippen LogP contribution in [0.5, 0.6) is 0 Å². The minimum absolute atomic E-state index is 0.0450. The van der Waals surface area contributed by atoms with Crippen LogP contribution < -0.4 is 10.7 Å². The van der Waals surface area contributed by atoms with Crippen LogP contribution in [0.4, 0.5) is 4.39 Å². The first-order chi connectivity index (χ1) is 17.1. The smallest absolute Gasteiger partial charge is 0.282 e. The number of likely N-dealkylation sites (N-methyl/N-ethyl adjacent to an activating group) is 1. The van der Waals surface area contributed by atoms with Gasteiger partial charge in [0.05, 0.1) is 11.9 Å². The number of aromatic amines is 1. The number of nitrogens with one attached hydrogen (secondary N) is 3. The van der Waals surface area contributed by atoms with Crippen molar-refractivity contribution < 1.29 is 22.4 Å². The number of rotatable bonds is 5. The van der Waals surface area contributed by atoms with Gasteiger partial charge in [0.2, 0.25) is 10.0 Å². The van der Waals surface area contributed by atoms with Gasteiger partial charge < -0.3 is 15.2 Å². The van der Waals surface area contributed by atoms with Crippen molar-refractivity contribution in [3.05, 3.63) is 51.4 Å². The Morgan fingerprint density at radius 1 is 1.19 bits per heavy atom. The van der Waals surface area contributed by atoms with Crippen LogP contribution in [0.1, 0.15) is 30.9 Å². The van der Waals surface area contributed by atoms with Crippen molar-refractivity contribution in [1.82, 2.24) is 34.9 Å². The highest BCUT2D eigenvalue weighted by Gasteiger charge is 2.34. The number of piperazine rings is 1. The fraction of sp³-hybridized carbons (Fsp3) is 0.409. The predicted octanol–water partition coefficient (Wildman–Crippen LogP) is 0.730. The second kappa shape index (κ2) is 9.52. The van der Waals surface area contributed by atoms with Crippen molar-refractivity contribution in [1.29, 1.82) is 0 Å². The topological polar surface area (TPSA) is 131 Å². The van der Waals surface area contributed by atoms with Gasteiger partial charge in [-0.2, -0.15) is 9.31 Å². The van der Waals surface area contributed by atoms with E-state index >= 15 is 0 Å². The molecule has 1 fully saturated rings. The molecule has 192 valence electrons. The van der Waals surface area contributed by atoms with Crippen molar-refractivity contribution in [3.63, 3.8) is 0 Å². The Balaban J connectivity index is 1.34. The van der Waals surface area contributed by atoms with Crippen LogP contribution in [0.3, 0.4) is 0 Å². The maximum Gasteiger partial charge on any atom is 0.282 e. The average Bonchev–Trinajstić information content (AvgIpc) is 3.43. The number of sulfonamides is 1. The molecule has 1 atom stereocenters. The van der Waals surface area contributed by atoms with E-state index in [4.69, 9.17) is 0 Å². The zero-order valence-electron chi connectivity index (χ0n) is 19.7. The minimum atomic E-state index is -3.51. The Hall–Kier alpha value is -2.91. The van der Waals surface area contributed by atoms with Crippen LogP contribution in [0.2, 0.25) is 0 Å². The molecular weight excluding hydrogens is 509 g/mol. The van der Waals surface area contributed by atoms with Gasteiger partial charge in [0.25, 0.3) is 11.8 Å². The molecule has 2 aliphatic rings. The number of carbonyl (C=O) groups excluding carboxylic acids is 2. The summed E-state index contributed by atoms with van der Waals surface area (Å²) in [6, 6.07) is 5.69. The van der Waals surface area contributed by atoms with Crippen molar-refractivity contribution in [2.45, 2.75) is 19.1 Å². The van der Waals surface area contributed by atoms with Crippen LogP contribution >= 0.6 is 11.3 Å². The number of hydrogen-bond donors (Lipinski definition) is 3. The van der Waals surface area contributed by atoms with Gasteiger partial charge in [0.1, 0.15) is 17.7 Å². The molecule has 0 spiro atoms. The number of benzene rings is 1. The van der Waals surface area contributed by atoms with Crippen molar-refractivity contribution in [3.8, 4) is 0 Å². The van der Waals surface area contributed by atoms with Crippen molar-refractivity contribution in [2.75, 3.05) is 39.5 Å². The van der Waals surface area contributed by atoms with Crippen molar-refractivity contribution in [2.24, 2.45) is 0 Å². The van der Waals surface area contributed by atoms with Gasteiger partial charge in [-0.1, -0.05) is 0 Å². The lowest BCUT2D eigenvalue weighted by Crippen LogP contribution is -2.65. The van der Waals surface area contributed by atoms with Gasteiger partial charge in [-0.25, -0.2) is 17.8 Å². The summed E-state index contributed by atoms with van der Waals surface area (Å²) in [5.74, 6) is -1.34. The molecular formula is C22H26FN7O4S2. The molecule has 1 saturated heterocycles. The SMILES string of the molecule is CN1CCc2nc(C(=O)NC3CN(S(C)(=O)=O)CCN3NC(=O)c3cc4cc(F)ccc4[nH]3)sc2C1. The molecule has 1 unspecified atom stereocenters. The Morgan fingerprint density at radius 3 is 2.78 bits per heavy atom. The van der Waals surface area contributed by atoms with E-state index in [1.54, 1.807) is 6.07 Å². The monoisotopic (exact) mass is 535 g/mol. The lowest BCUT2D eigenvalue weighted by molar-refractivity contribution is 0.0350. The number of amides is 2. The molecule has 11 nitrogen and oxygen atoms in total. The van der Waals surface area contributed by atoms with Gasteiger partial charge in [0, 0.05) is 54.9 Å². The third kappa shape index (κ3) is 5.13. The summed E-state index contributed by atoms with van der Waals surface area (Å²) in [6.07, 6.45) is 1.04. The summed E-state index contributed by atoms with van der Waals surface area (Å²) in [7, 11) is -1.50. The molecule has 1 aromatic carbocycles. The third-order valence-electron chi connectivity index (χ3n) is 6.30. The van der Waals surface area contributed by atoms with Gasteiger partial charge in [-0.3, -0.25) is 15.0 Å². The molecule has 36 heavy (non-hydrogen) atoms. The van der Waals surface area contributed by atoms with Gasteiger partial charge in [0.15, 0.2) is 5.01 Å². The van der Waals surface area contributed by atoms with Gasteiger partial charge >= 0.3 is 0 Å². The van der Waals surface area contributed by atoms with E-state index in [0.29, 0.717) is 15.9 Å². The summed E-state index contributed by atoms with van der Waals surface area (Å²) < 4.78 is 39.2. The molecule has 3 N–H and O–H groups in total. The standard InChI is InChI=1S/C22H26FN7O4S2/c1-28-6-5-16-18(11-28)35-22(25-16)21(32)26-19-12-29(36(2,33)34)7-8-30(19)27-20(31)17-10-13-9-14(23)3-4-15(13)24-17/h3-4,9-10,19,24H,5-8,11-12H2,1-2H3,(H,26,32)(H,27,31). The summed E-state index contributed by atoms with van der Waals surface area (Å²) in [6.45, 7) is 1.84. The van der Waals surface area contributed by atoms with Crippen LogP contribution in [0.15, 0.2) is 24.3 Å². The van der Waals surface area contributed by atoms with E-state index in [2.05, 4.69) is 25.6 Å². The Labute approximate surface area is 211 Å². The molecule has 5 rings (SSSR count). The number of H-pyrrole nitrogens is 1. The molecule has 3 aromatic rings. The van der Waals surface area contributed by atoms with E-state index < -0.39 is 33.8 Å². The molecule has 14 heteroatoms. The number of nitrogens with zero attached hydrogens (tertiary/aromatic N) is 4. The molecule has 2 aromatic heterocycles. The lowest BCUT2D eigenvalue weighted by atomic mass is 10.2. The number of carbonyl (C=O) groups is 2. The number of hydrazine groups is 1. The molecule has 0 radical (unpaired) electrons. The largest absolute Gasteiger partial charge is 0.350 e. The Bertz CT molecular complexity index is 1440. The molecule has 0 aliphatic carbocycles. The van der Waals surface area contributed by atoms with Gasteiger partial charge in [-0.05, 0) is 31.3 Å². The Morgan fingerprint density at radius 2 is 2.00 bits per heavy atom. The Kier molecular flexibility index (Phi) is 6.55. The highest BCUT2D eigenvalue weighted by Crippen LogP contribution is 2.25. The number of thiazole rings is 1. The zero-order chi connectivity index (χ0) is 25.6. The molecule has 4 heterocycles. The highest BCUT2D eigenvalue weighted by atomic mass is 32.2. The molecule has 0 saturated carbocycles. The number of halogens is 1. The molecule has 0 bridgehead atoms. The average molecular weight is 536 g/mol. The second-order valence-corrected chi connectivity index (χ2v) is 12.1. The summed E-state index contributed by atoms with van der Waals surface area (Å²) in [4.78, 5) is 36.7. The number of fused-ring (bicyclic) bond motifs is 2. The zero-order valence-corrected chi connectivity index (χ0v) is 21.4. The normalized spacial score (nSPS) is 19.8. The minimum Gasteiger partial charge on any atom is -0.350 e. The lowest BCUT2D eigenvalue weighted by Gasteiger charge is -2.40. The van der Waals surface area contributed by atoms with E-state index in [1.807, 2.05) is 7.05 Å². The van der Waals surface area contributed by atoms with Gasteiger partial charge in [-0.15, -0.1) is 11.3 Å². The number of hydrogen-bond acceptors (Lipinski definition) is 8. The second-order valence-electron chi connectivity index (χ2n) is 9.04. The first-order valence-corrected chi connectivity index (χ1v) is 14.0. The van der Waals surface area contributed by atoms with Crippen LogP contribution in [0, 0.1) is 5.82 Å². The third-order valence-corrected chi connectivity index (χ3v) is 8.65. The fourth-order valence-electron chi connectivity index (χ4n) is 4.37. The predicted molar refractivity (Wildman–Crippen MR) is 132 cm³/mol. The van der Waals surface area contributed by atoms with E-state index in [1.165, 1.54) is 38.9 Å². The van der Waals surface area contributed by atoms with Crippen molar-refractivity contribution >= 4 is 44.1 Å². The molecule has 2 aliphatic heterocycles. The van der Waals surface area contributed by atoms with Crippen LogP contribution in [-0.4, -0.2) is 90.1 Å². The first kappa shape index (κ1) is 24.8. The highest BCUT2D eigenvalue weighted by molar-refractivity contribution is 7.88. The fourth-order valence-corrected chi connectivity index (χ4v) is 6.28. The first-order valence-electron chi connectivity index (χ1n) is 11.4. The maximum atomic E-state index is 13.5. The van der Waals surface area contributed by atoms with Crippen LogP contribution in [-0.2, 0) is 23.0 Å². The van der Waals surface area contributed by atoms with E-state index in [0.717, 1.165) is 36.3 Å². The van der Waals surface area contributed by atoms with E-state index in [-0.39, 0.29) is 25.3 Å². The van der Waals surface area contributed by atoms with Crippen LogP contribution in [0.25, 0.3) is 10.9 Å². The molecule has 2 amide bonds. The maximum absolute atomic E-state index is 13.5. The summed E-state index contributed by atoms with van der Waals surface area (Å²) in [5, 5.41) is 5.20. The summed E-state index contributed by atoms with van der Waals surface area (Å²) in [5.41, 5.74) is 4.48.